The summed E-state index contributed by atoms with van der Waals surface area (Å²) in [5, 5.41) is 5.53. The second-order valence-electron chi connectivity index (χ2n) is 6.20. The fourth-order valence-electron chi connectivity index (χ4n) is 3.00. The lowest BCUT2D eigenvalue weighted by Crippen LogP contribution is -2.33. The van der Waals surface area contributed by atoms with Crippen molar-refractivity contribution in [3.63, 3.8) is 0 Å². The van der Waals surface area contributed by atoms with Crippen LogP contribution in [0.3, 0.4) is 0 Å². The van der Waals surface area contributed by atoms with Crippen molar-refractivity contribution >= 4 is 34.9 Å². The van der Waals surface area contributed by atoms with Gasteiger partial charge in [0.2, 0.25) is 5.91 Å². The van der Waals surface area contributed by atoms with Crippen LogP contribution in [0.1, 0.15) is 11.3 Å². The van der Waals surface area contributed by atoms with Crippen molar-refractivity contribution in [1.29, 1.82) is 0 Å². The van der Waals surface area contributed by atoms with Crippen molar-refractivity contribution in [2.75, 3.05) is 6.54 Å². The number of amides is 1. The average molecular weight is 397 g/mol. The predicted molar refractivity (Wildman–Crippen MR) is 109 cm³/mol. The van der Waals surface area contributed by atoms with Gasteiger partial charge in [0.1, 0.15) is 11.9 Å². The molecule has 1 N–H and O–H groups in total. The molecule has 0 radical (unpaired) electrons. The Kier molecular flexibility index (Phi) is 5.23. The number of nitrogens with one attached hydrogen (secondary N) is 1. The van der Waals surface area contributed by atoms with Gasteiger partial charge in [-0.25, -0.2) is 0 Å². The van der Waals surface area contributed by atoms with Crippen LogP contribution in [0.5, 0.6) is 5.75 Å². The smallest absolute Gasteiger partial charge is 0.244 e. The molecular formula is C21H17ClN2O2S. The minimum Gasteiger partial charge on any atom is -0.486 e. The molecule has 3 heterocycles. The molecule has 27 heavy (non-hydrogen) atoms. The number of carbonyl (C=O) groups excluding carboxylic acids is 1. The number of pyridine rings is 1. The van der Waals surface area contributed by atoms with Crippen LogP contribution in [0, 0.1) is 0 Å². The number of ether oxygens (including phenoxy) is 1. The largest absolute Gasteiger partial charge is 0.486 e. The molecule has 1 atom stereocenters. The molecule has 2 aromatic heterocycles. The average Bonchev–Trinajstić information content (AvgIpc) is 3.35. The van der Waals surface area contributed by atoms with E-state index in [9.17, 15) is 4.79 Å². The normalized spacial score (nSPS) is 15.5. The van der Waals surface area contributed by atoms with Crippen molar-refractivity contribution in [2.45, 2.75) is 12.5 Å². The van der Waals surface area contributed by atoms with E-state index in [1.807, 2.05) is 35.7 Å². The maximum absolute atomic E-state index is 12.0. The Balaban J connectivity index is 1.37. The first kappa shape index (κ1) is 17.8. The molecule has 0 spiro atoms. The summed E-state index contributed by atoms with van der Waals surface area (Å²) >= 11 is 8.09. The molecule has 4 nitrogen and oxygen atoms in total. The summed E-state index contributed by atoms with van der Waals surface area (Å²) in [6.07, 6.45) is 5.45. The van der Waals surface area contributed by atoms with Gasteiger partial charge in [-0.05, 0) is 47.4 Å². The Hall–Kier alpha value is -2.63. The van der Waals surface area contributed by atoms with Crippen molar-refractivity contribution in [1.82, 2.24) is 10.3 Å². The molecule has 3 aromatic rings. The highest BCUT2D eigenvalue weighted by Crippen LogP contribution is 2.40. The monoisotopic (exact) mass is 396 g/mol. The Morgan fingerprint density at radius 2 is 2.26 bits per heavy atom. The maximum atomic E-state index is 12.0. The third kappa shape index (κ3) is 4.21. The van der Waals surface area contributed by atoms with Crippen LogP contribution in [0.15, 0.2) is 60.1 Å². The van der Waals surface area contributed by atoms with Gasteiger partial charge in [0.25, 0.3) is 0 Å². The Labute approximate surface area is 166 Å². The van der Waals surface area contributed by atoms with E-state index in [2.05, 4.69) is 22.4 Å². The lowest BCUT2D eigenvalue weighted by molar-refractivity contribution is -0.116. The summed E-state index contributed by atoms with van der Waals surface area (Å²) in [5.74, 6) is 0.547. The standard InChI is InChI=1S/C21H17ClN2O2S/c22-18-12-14(19-5-3-9-27-19)10-15-11-17(26-21(15)18)13-24-20(25)7-6-16-4-1-2-8-23-16/h1-10,12,17H,11,13H2,(H,24,25). The van der Waals surface area contributed by atoms with Crippen LogP contribution in [-0.2, 0) is 11.2 Å². The van der Waals surface area contributed by atoms with Crippen molar-refractivity contribution in [3.8, 4) is 16.2 Å². The number of thiophene rings is 1. The Morgan fingerprint density at radius 1 is 1.33 bits per heavy atom. The van der Waals surface area contributed by atoms with Gasteiger partial charge in [0.05, 0.1) is 17.3 Å². The lowest BCUT2D eigenvalue weighted by atomic mass is 10.1. The number of aromatic nitrogens is 1. The molecule has 6 heteroatoms. The minimum atomic E-state index is -0.175. The topological polar surface area (TPSA) is 51.2 Å². The molecule has 1 amide bonds. The maximum Gasteiger partial charge on any atom is 0.244 e. The summed E-state index contributed by atoms with van der Waals surface area (Å²) in [5.41, 5.74) is 2.92. The first-order valence-corrected chi connectivity index (χ1v) is 9.85. The van der Waals surface area contributed by atoms with Gasteiger partial charge >= 0.3 is 0 Å². The van der Waals surface area contributed by atoms with Crippen LogP contribution in [-0.4, -0.2) is 23.5 Å². The quantitative estimate of drug-likeness (QED) is 0.641. The third-order valence-electron chi connectivity index (χ3n) is 4.26. The Morgan fingerprint density at radius 3 is 3.04 bits per heavy atom. The predicted octanol–water partition coefficient (Wildman–Crippen LogP) is 4.60. The molecule has 136 valence electrons. The number of hydrogen-bond acceptors (Lipinski definition) is 4. The van der Waals surface area contributed by atoms with Crippen LogP contribution in [0.2, 0.25) is 5.02 Å². The highest BCUT2D eigenvalue weighted by atomic mass is 35.5. The fraction of sp³-hybridized carbons (Fsp3) is 0.143. The molecule has 0 saturated heterocycles. The van der Waals surface area contributed by atoms with E-state index >= 15 is 0 Å². The number of nitrogens with zero attached hydrogens (tertiary/aromatic N) is 1. The van der Waals surface area contributed by atoms with Crippen molar-refractivity contribution < 1.29 is 9.53 Å². The minimum absolute atomic E-state index is 0.122. The van der Waals surface area contributed by atoms with E-state index in [-0.39, 0.29) is 12.0 Å². The fourth-order valence-corrected chi connectivity index (χ4v) is 3.99. The zero-order chi connectivity index (χ0) is 18.6. The highest BCUT2D eigenvalue weighted by molar-refractivity contribution is 7.13. The van der Waals surface area contributed by atoms with Gasteiger partial charge in [-0.2, -0.15) is 0 Å². The van der Waals surface area contributed by atoms with E-state index in [0.717, 1.165) is 29.0 Å². The van der Waals surface area contributed by atoms with Gasteiger partial charge in [-0.1, -0.05) is 23.7 Å². The molecule has 1 aliphatic heterocycles. The number of fused-ring (bicyclic) bond motifs is 1. The van der Waals surface area contributed by atoms with Gasteiger partial charge in [0.15, 0.2) is 0 Å². The highest BCUT2D eigenvalue weighted by Gasteiger charge is 2.26. The van der Waals surface area contributed by atoms with Crippen LogP contribution in [0.25, 0.3) is 16.5 Å². The number of hydrogen-bond donors (Lipinski definition) is 1. The molecule has 0 bridgehead atoms. The summed E-state index contributed by atoms with van der Waals surface area (Å²) in [6.45, 7) is 0.421. The van der Waals surface area contributed by atoms with E-state index in [0.29, 0.717) is 11.6 Å². The first-order chi connectivity index (χ1) is 13.2. The number of rotatable bonds is 5. The molecule has 1 aromatic carbocycles. The lowest BCUT2D eigenvalue weighted by Gasteiger charge is -2.11. The second-order valence-corrected chi connectivity index (χ2v) is 7.56. The summed E-state index contributed by atoms with van der Waals surface area (Å²) in [6, 6.07) is 13.7. The van der Waals surface area contributed by atoms with E-state index in [1.165, 1.54) is 11.0 Å². The summed E-state index contributed by atoms with van der Waals surface area (Å²) < 4.78 is 5.94. The molecule has 0 aliphatic carbocycles. The van der Waals surface area contributed by atoms with Gasteiger partial charge in [0, 0.05) is 29.1 Å². The zero-order valence-corrected chi connectivity index (χ0v) is 16.0. The summed E-state index contributed by atoms with van der Waals surface area (Å²) in [4.78, 5) is 17.3. The molecule has 0 saturated carbocycles. The molecule has 1 aliphatic rings. The third-order valence-corrected chi connectivity index (χ3v) is 5.46. The van der Waals surface area contributed by atoms with E-state index in [4.69, 9.17) is 16.3 Å². The van der Waals surface area contributed by atoms with Crippen molar-refractivity contribution in [2.24, 2.45) is 0 Å². The molecule has 1 unspecified atom stereocenters. The zero-order valence-electron chi connectivity index (χ0n) is 14.4. The van der Waals surface area contributed by atoms with Crippen molar-refractivity contribution in [3.05, 3.63) is 76.4 Å². The van der Waals surface area contributed by atoms with Crippen LogP contribution >= 0.6 is 22.9 Å². The molecule has 0 fully saturated rings. The molecule has 4 rings (SSSR count). The van der Waals surface area contributed by atoms with E-state index in [1.54, 1.807) is 23.6 Å². The van der Waals surface area contributed by atoms with Crippen LogP contribution in [0.4, 0.5) is 0 Å². The Bertz CT molecular complexity index is 971. The number of carbonyl (C=O) groups is 1. The van der Waals surface area contributed by atoms with Gasteiger partial charge in [-0.15, -0.1) is 11.3 Å². The summed E-state index contributed by atoms with van der Waals surface area (Å²) in [7, 11) is 0. The van der Waals surface area contributed by atoms with Crippen LogP contribution < -0.4 is 10.1 Å². The first-order valence-electron chi connectivity index (χ1n) is 8.59. The SMILES string of the molecule is O=C(C=Cc1ccccn1)NCC1Cc2cc(-c3cccs3)cc(Cl)c2O1. The van der Waals surface area contributed by atoms with Gasteiger partial charge < -0.3 is 10.1 Å². The molecular weight excluding hydrogens is 380 g/mol. The van der Waals surface area contributed by atoms with Gasteiger partial charge in [-0.3, -0.25) is 9.78 Å². The number of halogens is 1. The number of benzene rings is 1. The van der Waals surface area contributed by atoms with E-state index < -0.39 is 0 Å². The second kappa shape index (κ2) is 7.94.